The maximum Gasteiger partial charge on any atom is 0.335 e. The van der Waals surface area contributed by atoms with Crippen molar-refractivity contribution in [1.82, 2.24) is 0 Å². The summed E-state index contributed by atoms with van der Waals surface area (Å²) in [5.41, 5.74) is -0.162. The largest absolute Gasteiger partial charge is 0.488 e. The molecule has 0 aliphatic carbocycles. The SMILES string of the molecule is CSc1ccc(Oc2cc(OC(C)COC(C)(C)C)cc(C(=O)O)c2)cc1. The van der Waals surface area contributed by atoms with Crippen LogP contribution in [0.25, 0.3) is 0 Å². The summed E-state index contributed by atoms with van der Waals surface area (Å²) in [5.74, 6) is 0.424. The highest BCUT2D eigenvalue weighted by atomic mass is 32.2. The molecule has 0 heterocycles. The molecule has 6 heteroatoms. The molecule has 5 nitrogen and oxygen atoms in total. The van der Waals surface area contributed by atoms with Crippen molar-refractivity contribution in [3.8, 4) is 17.2 Å². The maximum absolute atomic E-state index is 11.4. The lowest BCUT2D eigenvalue weighted by Gasteiger charge is -2.23. The van der Waals surface area contributed by atoms with E-state index < -0.39 is 5.97 Å². The lowest BCUT2D eigenvalue weighted by Crippen LogP contribution is -2.27. The number of benzene rings is 2. The van der Waals surface area contributed by atoms with Crippen molar-refractivity contribution in [2.75, 3.05) is 12.9 Å². The summed E-state index contributed by atoms with van der Waals surface area (Å²) in [5, 5.41) is 9.37. The third-order valence-corrected chi connectivity index (χ3v) is 4.25. The van der Waals surface area contributed by atoms with Gasteiger partial charge in [-0.1, -0.05) is 0 Å². The molecule has 0 fully saturated rings. The molecule has 0 bridgehead atoms. The lowest BCUT2D eigenvalue weighted by molar-refractivity contribution is -0.0374. The smallest absolute Gasteiger partial charge is 0.335 e. The van der Waals surface area contributed by atoms with E-state index in [0.717, 1.165) is 4.90 Å². The van der Waals surface area contributed by atoms with Crippen LogP contribution in [0.15, 0.2) is 47.4 Å². The molecule has 27 heavy (non-hydrogen) atoms. The zero-order valence-electron chi connectivity index (χ0n) is 16.3. The Balaban J connectivity index is 2.16. The Morgan fingerprint density at radius 3 is 2.26 bits per heavy atom. The van der Waals surface area contributed by atoms with Crippen LogP contribution in [0.2, 0.25) is 0 Å². The number of ether oxygens (including phenoxy) is 3. The molecule has 1 atom stereocenters. The second-order valence-corrected chi connectivity index (χ2v) is 8.01. The molecule has 2 rings (SSSR count). The average molecular weight is 391 g/mol. The van der Waals surface area contributed by atoms with Gasteiger partial charge in [-0.3, -0.25) is 0 Å². The summed E-state index contributed by atoms with van der Waals surface area (Å²) in [6, 6.07) is 12.2. The second kappa shape index (κ2) is 9.15. The summed E-state index contributed by atoms with van der Waals surface area (Å²) < 4.78 is 17.4. The van der Waals surface area contributed by atoms with Gasteiger partial charge in [0.05, 0.1) is 17.8 Å². The summed E-state index contributed by atoms with van der Waals surface area (Å²) in [4.78, 5) is 12.6. The van der Waals surface area contributed by atoms with Crippen LogP contribution in [0.4, 0.5) is 0 Å². The molecule has 2 aromatic rings. The molecule has 0 aliphatic heterocycles. The zero-order valence-corrected chi connectivity index (χ0v) is 17.1. The molecule has 0 aromatic heterocycles. The molecule has 0 saturated heterocycles. The Morgan fingerprint density at radius 1 is 1.07 bits per heavy atom. The van der Waals surface area contributed by atoms with E-state index in [9.17, 15) is 9.90 Å². The Hall–Kier alpha value is -2.18. The first kappa shape index (κ1) is 21.1. The molecular weight excluding hydrogens is 364 g/mol. The van der Waals surface area contributed by atoms with E-state index in [1.54, 1.807) is 17.8 Å². The van der Waals surface area contributed by atoms with E-state index in [1.807, 2.05) is 58.2 Å². The topological polar surface area (TPSA) is 65.0 Å². The Kier molecular flexibility index (Phi) is 7.16. The first-order valence-electron chi connectivity index (χ1n) is 8.67. The highest BCUT2D eigenvalue weighted by Gasteiger charge is 2.15. The minimum atomic E-state index is -1.04. The summed E-state index contributed by atoms with van der Waals surface area (Å²) in [6.45, 7) is 8.19. The maximum atomic E-state index is 11.4. The van der Waals surface area contributed by atoms with E-state index in [2.05, 4.69) is 0 Å². The molecule has 2 aromatic carbocycles. The van der Waals surface area contributed by atoms with E-state index >= 15 is 0 Å². The van der Waals surface area contributed by atoms with Gasteiger partial charge >= 0.3 is 5.97 Å². The quantitative estimate of drug-likeness (QED) is 0.602. The Morgan fingerprint density at radius 2 is 1.70 bits per heavy atom. The van der Waals surface area contributed by atoms with Gasteiger partial charge in [0.15, 0.2) is 0 Å². The summed E-state index contributed by atoms with van der Waals surface area (Å²) >= 11 is 1.64. The lowest BCUT2D eigenvalue weighted by atomic mass is 10.2. The fraction of sp³-hybridized carbons (Fsp3) is 0.381. The van der Waals surface area contributed by atoms with Gasteiger partial charge in [0.2, 0.25) is 0 Å². The van der Waals surface area contributed by atoms with Gasteiger partial charge in [0, 0.05) is 11.0 Å². The van der Waals surface area contributed by atoms with Crippen molar-refractivity contribution in [3.05, 3.63) is 48.0 Å². The second-order valence-electron chi connectivity index (χ2n) is 7.13. The summed E-state index contributed by atoms with van der Waals surface area (Å²) in [6.07, 6.45) is 1.77. The van der Waals surface area contributed by atoms with Gasteiger partial charge < -0.3 is 19.3 Å². The van der Waals surface area contributed by atoms with E-state index in [4.69, 9.17) is 14.2 Å². The molecule has 0 aliphatic rings. The Labute approximate surface area is 164 Å². The predicted molar refractivity (Wildman–Crippen MR) is 107 cm³/mol. The van der Waals surface area contributed by atoms with Gasteiger partial charge in [0.1, 0.15) is 23.4 Å². The van der Waals surface area contributed by atoms with E-state index in [0.29, 0.717) is 23.9 Å². The zero-order chi connectivity index (χ0) is 20.0. The first-order valence-corrected chi connectivity index (χ1v) is 9.89. The average Bonchev–Trinajstić information content (AvgIpc) is 2.60. The molecule has 0 radical (unpaired) electrons. The van der Waals surface area contributed by atoms with Crippen LogP contribution >= 0.6 is 11.8 Å². The number of hydrogen-bond acceptors (Lipinski definition) is 5. The highest BCUT2D eigenvalue weighted by Crippen LogP contribution is 2.29. The minimum Gasteiger partial charge on any atom is -0.488 e. The van der Waals surface area contributed by atoms with Crippen LogP contribution in [0.3, 0.4) is 0 Å². The van der Waals surface area contributed by atoms with Crippen molar-refractivity contribution >= 4 is 17.7 Å². The third kappa shape index (κ3) is 7.15. The van der Waals surface area contributed by atoms with Gasteiger partial charge in [0.25, 0.3) is 0 Å². The van der Waals surface area contributed by atoms with Crippen molar-refractivity contribution < 1.29 is 24.1 Å². The fourth-order valence-corrected chi connectivity index (χ4v) is 2.64. The molecule has 0 saturated carbocycles. The number of thioether (sulfide) groups is 1. The van der Waals surface area contributed by atoms with Gasteiger partial charge in [-0.15, -0.1) is 11.8 Å². The van der Waals surface area contributed by atoms with Crippen LogP contribution in [0, 0.1) is 0 Å². The third-order valence-electron chi connectivity index (χ3n) is 3.51. The van der Waals surface area contributed by atoms with E-state index in [1.165, 1.54) is 12.1 Å². The van der Waals surface area contributed by atoms with Crippen molar-refractivity contribution in [3.63, 3.8) is 0 Å². The number of aromatic carboxylic acids is 1. The van der Waals surface area contributed by atoms with Crippen LogP contribution < -0.4 is 9.47 Å². The molecule has 1 N–H and O–H groups in total. The molecule has 0 spiro atoms. The predicted octanol–water partition coefficient (Wildman–Crippen LogP) is 5.48. The van der Waals surface area contributed by atoms with Crippen LogP contribution in [0.5, 0.6) is 17.2 Å². The molecular formula is C21H26O5S. The fourth-order valence-electron chi connectivity index (χ4n) is 2.24. The molecule has 1 unspecified atom stereocenters. The van der Waals surface area contributed by atoms with Crippen LogP contribution in [-0.4, -0.2) is 35.6 Å². The van der Waals surface area contributed by atoms with Gasteiger partial charge in [-0.2, -0.15) is 0 Å². The monoisotopic (exact) mass is 390 g/mol. The van der Waals surface area contributed by atoms with Crippen LogP contribution in [-0.2, 0) is 4.74 Å². The number of carboxylic acid groups (broad SMARTS) is 1. The number of carboxylic acids is 1. The van der Waals surface area contributed by atoms with Crippen molar-refractivity contribution in [2.45, 2.75) is 44.3 Å². The number of carbonyl (C=O) groups is 1. The van der Waals surface area contributed by atoms with Crippen molar-refractivity contribution in [1.29, 1.82) is 0 Å². The number of hydrogen-bond donors (Lipinski definition) is 1. The molecule has 0 amide bonds. The summed E-state index contributed by atoms with van der Waals surface area (Å²) in [7, 11) is 0. The number of rotatable bonds is 8. The van der Waals surface area contributed by atoms with Crippen molar-refractivity contribution in [2.24, 2.45) is 0 Å². The van der Waals surface area contributed by atoms with E-state index in [-0.39, 0.29) is 17.3 Å². The normalized spacial score (nSPS) is 12.5. The highest BCUT2D eigenvalue weighted by molar-refractivity contribution is 7.98. The minimum absolute atomic E-state index is 0.104. The first-order chi connectivity index (χ1) is 12.7. The molecule has 146 valence electrons. The Bertz CT molecular complexity index is 765. The standard InChI is InChI=1S/C21H26O5S/c1-14(13-24-21(2,3)4)25-17-10-15(20(22)23)11-18(12-17)26-16-6-8-19(27-5)9-7-16/h6-12,14H,13H2,1-5H3,(H,22,23). The van der Waals surface area contributed by atoms with Gasteiger partial charge in [-0.25, -0.2) is 4.79 Å². The van der Waals surface area contributed by atoms with Gasteiger partial charge in [-0.05, 0) is 70.3 Å². The van der Waals surface area contributed by atoms with Crippen LogP contribution in [0.1, 0.15) is 38.1 Å².